The van der Waals surface area contributed by atoms with Crippen LogP contribution in [0.25, 0.3) is 10.9 Å². The maximum Gasteiger partial charge on any atom is 0.252 e. The second-order valence-electron chi connectivity index (χ2n) is 5.20. The molecule has 6 heteroatoms. The monoisotopic (exact) mass is 363 g/mol. The Labute approximate surface area is 137 Å². The van der Waals surface area contributed by atoms with Crippen LogP contribution in [0.4, 0.5) is 0 Å². The molecule has 1 N–H and O–H groups in total. The number of pyridine rings is 1. The number of rotatable bonds is 4. The number of fused-ring (bicyclic) bond motifs is 1. The standard InChI is InChI=1S/C16H18BrN3O2/c17-14-3-1-2-12-13(4-5-18-15(12)14)16(21)19-6-7-20-8-10-22-11-9-20/h1-5H,6-11H2,(H,19,21). The van der Waals surface area contributed by atoms with Gasteiger partial charge in [-0.25, -0.2) is 0 Å². The Morgan fingerprint density at radius 3 is 2.95 bits per heavy atom. The lowest BCUT2D eigenvalue weighted by molar-refractivity contribution is 0.0383. The summed E-state index contributed by atoms with van der Waals surface area (Å²) in [6.45, 7) is 4.90. The summed E-state index contributed by atoms with van der Waals surface area (Å²) in [5.41, 5.74) is 1.47. The van der Waals surface area contributed by atoms with Gasteiger partial charge in [0, 0.05) is 42.2 Å². The Morgan fingerprint density at radius 2 is 2.14 bits per heavy atom. The van der Waals surface area contributed by atoms with Crippen molar-refractivity contribution in [2.45, 2.75) is 0 Å². The number of hydrogen-bond donors (Lipinski definition) is 1. The fourth-order valence-corrected chi connectivity index (χ4v) is 3.05. The fourth-order valence-electron chi connectivity index (χ4n) is 2.59. The number of amides is 1. The lowest BCUT2D eigenvalue weighted by Gasteiger charge is -2.26. The summed E-state index contributed by atoms with van der Waals surface area (Å²) in [5, 5.41) is 3.86. The van der Waals surface area contributed by atoms with Gasteiger partial charge in [-0.05, 0) is 28.1 Å². The quantitative estimate of drug-likeness (QED) is 0.903. The molecule has 0 bridgehead atoms. The highest BCUT2D eigenvalue weighted by molar-refractivity contribution is 9.10. The summed E-state index contributed by atoms with van der Waals surface area (Å²) in [5.74, 6) is -0.0567. The number of ether oxygens (including phenoxy) is 1. The second-order valence-corrected chi connectivity index (χ2v) is 6.06. The molecule has 2 heterocycles. The van der Waals surface area contributed by atoms with Crippen molar-refractivity contribution >= 4 is 32.7 Å². The highest BCUT2D eigenvalue weighted by Gasteiger charge is 2.13. The molecular formula is C16H18BrN3O2. The first-order valence-corrected chi connectivity index (χ1v) is 8.16. The molecule has 1 saturated heterocycles. The van der Waals surface area contributed by atoms with E-state index < -0.39 is 0 Å². The minimum Gasteiger partial charge on any atom is -0.379 e. The van der Waals surface area contributed by atoms with Gasteiger partial charge in [-0.15, -0.1) is 0 Å². The third-order valence-corrected chi connectivity index (χ3v) is 4.42. The van der Waals surface area contributed by atoms with Crippen LogP contribution in [0.5, 0.6) is 0 Å². The molecule has 1 aromatic carbocycles. The molecular weight excluding hydrogens is 346 g/mol. The third kappa shape index (κ3) is 3.45. The largest absolute Gasteiger partial charge is 0.379 e. The number of halogens is 1. The van der Waals surface area contributed by atoms with Crippen LogP contribution in [-0.2, 0) is 4.74 Å². The van der Waals surface area contributed by atoms with Crippen LogP contribution in [0, 0.1) is 0 Å². The van der Waals surface area contributed by atoms with E-state index in [-0.39, 0.29) is 5.91 Å². The number of carbonyl (C=O) groups excluding carboxylic acids is 1. The zero-order chi connectivity index (χ0) is 15.4. The van der Waals surface area contributed by atoms with E-state index in [0.29, 0.717) is 12.1 Å². The number of morpholine rings is 1. The van der Waals surface area contributed by atoms with Crippen molar-refractivity contribution in [2.24, 2.45) is 0 Å². The third-order valence-electron chi connectivity index (χ3n) is 3.78. The molecule has 0 radical (unpaired) electrons. The molecule has 1 aliphatic heterocycles. The van der Waals surface area contributed by atoms with Gasteiger partial charge in [-0.3, -0.25) is 14.7 Å². The molecule has 116 valence electrons. The number of benzene rings is 1. The smallest absolute Gasteiger partial charge is 0.252 e. The molecule has 1 fully saturated rings. The number of hydrogen-bond acceptors (Lipinski definition) is 4. The maximum absolute atomic E-state index is 12.4. The van der Waals surface area contributed by atoms with Crippen molar-refractivity contribution in [3.8, 4) is 0 Å². The van der Waals surface area contributed by atoms with Crippen LogP contribution in [0.2, 0.25) is 0 Å². The van der Waals surface area contributed by atoms with Gasteiger partial charge in [0.1, 0.15) is 0 Å². The molecule has 0 aliphatic carbocycles. The lowest BCUT2D eigenvalue weighted by atomic mass is 10.1. The molecule has 22 heavy (non-hydrogen) atoms. The second kappa shape index (κ2) is 7.17. The van der Waals surface area contributed by atoms with Crippen molar-refractivity contribution in [1.29, 1.82) is 0 Å². The van der Waals surface area contributed by atoms with Crippen LogP contribution in [-0.4, -0.2) is 55.2 Å². The Balaban J connectivity index is 1.66. The van der Waals surface area contributed by atoms with Crippen molar-refractivity contribution < 1.29 is 9.53 Å². The molecule has 1 amide bonds. The fraction of sp³-hybridized carbons (Fsp3) is 0.375. The average molecular weight is 364 g/mol. The first-order chi connectivity index (χ1) is 10.8. The van der Waals surface area contributed by atoms with Crippen molar-refractivity contribution in [2.75, 3.05) is 39.4 Å². The van der Waals surface area contributed by atoms with Gasteiger partial charge >= 0.3 is 0 Å². The van der Waals surface area contributed by atoms with Gasteiger partial charge in [-0.1, -0.05) is 12.1 Å². The molecule has 0 saturated carbocycles. The molecule has 2 aromatic rings. The molecule has 3 rings (SSSR count). The van der Waals surface area contributed by atoms with Gasteiger partial charge in [0.2, 0.25) is 0 Å². The minimum atomic E-state index is -0.0567. The first kappa shape index (κ1) is 15.4. The van der Waals surface area contributed by atoms with Gasteiger partial charge in [-0.2, -0.15) is 0 Å². The minimum absolute atomic E-state index is 0.0567. The van der Waals surface area contributed by atoms with Gasteiger partial charge < -0.3 is 10.1 Å². The van der Waals surface area contributed by atoms with E-state index in [9.17, 15) is 4.79 Å². The number of aromatic nitrogens is 1. The summed E-state index contributed by atoms with van der Waals surface area (Å²) < 4.78 is 6.21. The Hall–Kier alpha value is -1.50. The highest BCUT2D eigenvalue weighted by atomic mass is 79.9. The van der Waals surface area contributed by atoms with Crippen LogP contribution in [0.3, 0.4) is 0 Å². The summed E-state index contributed by atoms with van der Waals surface area (Å²) in [6.07, 6.45) is 1.67. The highest BCUT2D eigenvalue weighted by Crippen LogP contribution is 2.24. The van der Waals surface area contributed by atoms with E-state index in [0.717, 1.165) is 48.2 Å². The summed E-state index contributed by atoms with van der Waals surface area (Å²) in [6, 6.07) is 7.52. The van der Waals surface area contributed by atoms with Crippen LogP contribution in [0.1, 0.15) is 10.4 Å². The zero-order valence-corrected chi connectivity index (χ0v) is 13.8. The number of nitrogens with one attached hydrogen (secondary N) is 1. The van der Waals surface area contributed by atoms with Crippen LogP contribution >= 0.6 is 15.9 Å². The SMILES string of the molecule is O=C(NCCN1CCOCC1)c1ccnc2c(Br)cccc12. The molecule has 0 atom stereocenters. The predicted octanol–water partition coefficient (Wildman–Crippen LogP) is 2.06. The van der Waals surface area contributed by atoms with Crippen molar-refractivity contribution in [3.05, 3.63) is 40.5 Å². The summed E-state index contributed by atoms with van der Waals surface area (Å²) in [7, 11) is 0. The molecule has 1 aliphatic rings. The Morgan fingerprint density at radius 1 is 1.32 bits per heavy atom. The topological polar surface area (TPSA) is 54.5 Å². The summed E-state index contributed by atoms with van der Waals surface area (Å²) >= 11 is 3.47. The maximum atomic E-state index is 12.4. The normalized spacial score (nSPS) is 15.9. The molecule has 5 nitrogen and oxygen atoms in total. The Bertz CT molecular complexity index is 671. The molecule has 1 aromatic heterocycles. The number of nitrogens with zero attached hydrogens (tertiary/aromatic N) is 2. The molecule has 0 unspecified atom stereocenters. The molecule has 0 spiro atoms. The first-order valence-electron chi connectivity index (χ1n) is 7.37. The number of para-hydroxylation sites is 1. The van der Waals surface area contributed by atoms with E-state index in [4.69, 9.17) is 4.74 Å². The van der Waals surface area contributed by atoms with E-state index in [1.165, 1.54) is 0 Å². The lowest BCUT2D eigenvalue weighted by Crippen LogP contribution is -2.41. The number of carbonyl (C=O) groups is 1. The van der Waals surface area contributed by atoms with E-state index >= 15 is 0 Å². The zero-order valence-electron chi connectivity index (χ0n) is 12.2. The Kier molecular flexibility index (Phi) is 5.02. The van der Waals surface area contributed by atoms with Crippen molar-refractivity contribution in [1.82, 2.24) is 15.2 Å². The van der Waals surface area contributed by atoms with Gasteiger partial charge in [0.15, 0.2) is 0 Å². The van der Waals surface area contributed by atoms with E-state index in [2.05, 4.69) is 31.1 Å². The van der Waals surface area contributed by atoms with E-state index in [1.54, 1.807) is 12.3 Å². The van der Waals surface area contributed by atoms with Crippen LogP contribution in [0.15, 0.2) is 34.9 Å². The van der Waals surface area contributed by atoms with Crippen molar-refractivity contribution in [3.63, 3.8) is 0 Å². The summed E-state index contributed by atoms with van der Waals surface area (Å²) in [4.78, 5) is 19.0. The van der Waals surface area contributed by atoms with Gasteiger partial charge in [0.25, 0.3) is 5.91 Å². The van der Waals surface area contributed by atoms with Gasteiger partial charge in [0.05, 0.1) is 24.3 Å². The average Bonchev–Trinajstić information content (AvgIpc) is 2.56. The predicted molar refractivity (Wildman–Crippen MR) is 89.0 cm³/mol. The van der Waals surface area contributed by atoms with E-state index in [1.807, 2.05) is 18.2 Å². The van der Waals surface area contributed by atoms with Crippen LogP contribution < -0.4 is 5.32 Å².